The Labute approximate surface area is 360 Å². The molecule has 0 saturated heterocycles. The molecule has 0 aliphatic carbocycles. The molecule has 5 heterocycles. The third-order valence-electron chi connectivity index (χ3n) is 11.6. The standard InChI is InChI=1S/C55H34N6O2/c1-3-45-47(33(2)52-56-48(35-20-9-5-10-21-35)51-49(57-52)40-25-14-16-29-46(40)63-51)41-26-17-27-42(50(41)62-45)54-58-53(36-22-11-6-12-23-36)59-55(60-54)61-43-28-15-13-24-38(43)39-31-30-37(32-44(39)61)34-18-7-4-8-19-34/h3-32H,1-2H2. The highest BCUT2D eigenvalue weighted by Gasteiger charge is 2.26. The average molecular weight is 811 g/mol. The van der Waals surface area contributed by atoms with Crippen molar-refractivity contribution < 1.29 is 8.83 Å². The summed E-state index contributed by atoms with van der Waals surface area (Å²) in [6, 6.07) is 59.2. The van der Waals surface area contributed by atoms with Crippen LogP contribution in [0.2, 0.25) is 0 Å². The van der Waals surface area contributed by atoms with Crippen LogP contribution in [0.5, 0.6) is 0 Å². The molecule has 296 valence electrons. The predicted octanol–water partition coefficient (Wildman–Crippen LogP) is 13.8. The molecule has 0 N–H and O–H groups in total. The smallest absolute Gasteiger partial charge is 0.238 e. The van der Waals surface area contributed by atoms with E-state index in [1.54, 1.807) is 6.08 Å². The van der Waals surface area contributed by atoms with Gasteiger partial charge in [0, 0.05) is 43.8 Å². The van der Waals surface area contributed by atoms with Crippen LogP contribution in [0.1, 0.15) is 17.1 Å². The maximum Gasteiger partial charge on any atom is 0.238 e. The fourth-order valence-corrected chi connectivity index (χ4v) is 8.70. The molecule has 7 aromatic carbocycles. The third kappa shape index (κ3) is 5.88. The van der Waals surface area contributed by atoms with E-state index < -0.39 is 0 Å². The molecule has 0 saturated carbocycles. The Balaban J connectivity index is 1.07. The van der Waals surface area contributed by atoms with Crippen molar-refractivity contribution in [2.75, 3.05) is 0 Å². The van der Waals surface area contributed by atoms with Gasteiger partial charge in [0.25, 0.3) is 0 Å². The quantitative estimate of drug-likeness (QED) is 0.151. The van der Waals surface area contributed by atoms with E-state index in [9.17, 15) is 0 Å². The molecule has 0 spiro atoms. The van der Waals surface area contributed by atoms with Gasteiger partial charge in [-0.2, -0.15) is 9.97 Å². The molecular formula is C55H34N6O2. The fraction of sp³-hybridized carbons (Fsp3) is 0. The first-order valence-corrected chi connectivity index (χ1v) is 20.6. The van der Waals surface area contributed by atoms with E-state index in [1.807, 2.05) is 115 Å². The van der Waals surface area contributed by atoms with Crippen LogP contribution in [0.4, 0.5) is 0 Å². The molecular weight excluding hydrogens is 777 g/mol. The van der Waals surface area contributed by atoms with Crippen LogP contribution in [0.15, 0.2) is 198 Å². The summed E-state index contributed by atoms with van der Waals surface area (Å²) < 4.78 is 15.3. The summed E-state index contributed by atoms with van der Waals surface area (Å²) in [7, 11) is 0. The molecule has 0 atom stereocenters. The molecule has 0 aliphatic heterocycles. The molecule has 8 nitrogen and oxygen atoms in total. The molecule has 5 aromatic heterocycles. The maximum atomic E-state index is 6.76. The Morgan fingerprint density at radius 1 is 0.492 bits per heavy atom. The Morgan fingerprint density at radius 3 is 1.92 bits per heavy atom. The Kier molecular flexibility index (Phi) is 8.30. The second-order valence-electron chi connectivity index (χ2n) is 15.3. The van der Waals surface area contributed by atoms with Crippen LogP contribution >= 0.6 is 0 Å². The maximum absolute atomic E-state index is 6.76. The second-order valence-corrected chi connectivity index (χ2v) is 15.3. The van der Waals surface area contributed by atoms with E-state index in [0.29, 0.717) is 62.7 Å². The summed E-state index contributed by atoms with van der Waals surface area (Å²) in [5.74, 6) is 2.43. The number of fused-ring (bicyclic) bond motifs is 7. The number of aromatic nitrogens is 6. The first-order chi connectivity index (χ1) is 31.1. The molecule has 0 amide bonds. The predicted molar refractivity (Wildman–Crippen MR) is 253 cm³/mol. The van der Waals surface area contributed by atoms with Gasteiger partial charge in [-0.1, -0.05) is 159 Å². The lowest BCUT2D eigenvalue weighted by Crippen LogP contribution is -2.06. The lowest BCUT2D eigenvalue weighted by molar-refractivity contribution is 0.604. The zero-order valence-corrected chi connectivity index (χ0v) is 33.7. The number of rotatable bonds is 8. The highest BCUT2D eigenvalue weighted by molar-refractivity contribution is 6.11. The van der Waals surface area contributed by atoms with Crippen molar-refractivity contribution in [2.24, 2.45) is 0 Å². The van der Waals surface area contributed by atoms with E-state index in [4.69, 9.17) is 33.8 Å². The van der Waals surface area contributed by atoms with Gasteiger partial charge >= 0.3 is 0 Å². The first-order valence-electron chi connectivity index (χ1n) is 20.6. The molecule has 0 bridgehead atoms. The lowest BCUT2D eigenvalue weighted by atomic mass is 10.00. The normalized spacial score (nSPS) is 11.6. The van der Waals surface area contributed by atoms with Gasteiger partial charge in [0.15, 0.2) is 23.1 Å². The van der Waals surface area contributed by atoms with Gasteiger partial charge in [-0.05, 0) is 47.5 Å². The summed E-state index contributed by atoms with van der Waals surface area (Å²) >= 11 is 0. The molecule has 0 radical (unpaired) electrons. The zero-order chi connectivity index (χ0) is 42.0. The van der Waals surface area contributed by atoms with E-state index in [1.165, 1.54) is 0 Å². The minimum absolute atomic E-state index is 0.444. The SMILES string of the molecule is C=Cc1oc2c(-c3nc(-c4ccccc4)nc(-n4c5ccccc5c5ccc(-c6ccccc6)cc54)n3)cccc2c1C(=C)c1nc(-c2ccccc2)c2oc3ccccc3c2n1. The molecule has 12 aromatic rings. The second kappa shape index (κ2) is 14.5. The van der Waals surface area contributed by atoms with Gasteiger partial charge < -0.3 is 8.83 Å². The summed E-state index contributed by atoms with van der Waals surface area (Å²) in [6.45, 7) is 8.78. The van der Waals surface area contributed by atoms with Gasteiger partial charge in [0.05, 0.1) is 16.6 Å². The van der Waals surface area contributed by atoms with Gasteiger partial charge in [-0.15, -0.1) is 0 Å². The monoisotopic (exact) mass is 810 g/mol. The molecule has 0 aliphatic rings. The summed E-state index contributed by atoms with van der Waals surface area (Å²) in [4.78, 5) is 25.9. The highest BCUT2D eigenvalue weighted by Crippen LogP contribution is 2.41. The summed E-state index contributed by atoms with van der Waals surface area (Å²) in [6.07, 6.45) is 1.70. The van der Waals surface area contributed by atoms with Gasteiger partial charge in [0.2, 0.25) is 5.95 Å². The van der Waals surface area contributed by atoms with Gasteiger partial charge in [-0.25, -0.2) is 15.0 Å². The lowest BCUT2D eigenvalue weighted by Gasteiger charge is -2.12. The number of hydrogen-bond donors (Lipinski definition) is 0. The van der Waals surface area contributed by atoms with Crippen LogP contribution in [-0.2, 0) is 0 Å². The van der Waals surface area contributed by atoms with E-state index in [0.717, 1.165) is 66.0 Å². The minimum Gasteiger partial charge on any atom is -0.455 e. The third-order valence-corrected chi connectivity index (χ3v) is 11.6. The molecule has 12 rings (SSSR count). The van der Waals surface area contributed by atoms with Crippen molar-refractivity contribution in [2.45, 2.75) is 0 Å². The van der Waals surface area contributed by atoms with Gasteiger partial charge in [-0.3, -0.25) is 4.57 Å². The number of para-hydroxylation sites is 3. The summed E-state index contributed by atoms with van der Waals surface area (Å²) in [5.41, 5.74) is 11.2. The Morgan fingerprint density at radius 2 is 1.14 bits per heavy atom. The van der Waals surface area contributed by atoms with Crippen LogP contribution in [0.25, 0.3) is 118 Å². The van der Waals surface area contributed by atoms with Crippen molar-refractivity contribution in [1.82, 2.24) is 29.5 Å². The van der Waals surface area contributed by atoms with Crippen LogP contribution < -0.4 is 0 Å². The summed E-state index contributed by atoms with van der Waals surface area (Å²) in [5, 5.41) is 3.88. The van der Waals surface area contributed by atoms with Crippen molar-refractivity contribution in [1.29, 1.82) is 0 Å². The topological polar surface area (TPSA) is 95.7 Å². The van der Waals surface area contributed by atoms with Crippen molar-refractivity contribution >= 4 is 66.5 Å². The largest absolute Gasteiger partial charge is 0.455 e. The van der Waals surface area contributed by atoms with Crippen LogP contribution in [0.3, 0.4) is 0 Å². The van der Waals surface area contributed by atoms with Crippen LogP contribution in [-0.4, -0.2) is 29.5 Å². The van der Waals surface area contributed by atoms with Crippen molar-refractivity contribution in [3.05, 3.63) is 206 Å². The average Bonchev–Trinajstić information content (AvgIpc) is 4.03. The van der Waals surface area contributed by atoms with Crippen molar-refractivity contribution in [3.8, 4) is 51.1 Å². The Bertz CT molecular complexity index is 3770. The zero-order valence-electron chi connectivity index (χ0n) is 33.7. The van der Waals surface area contributed by atoms with Gasteiger partial charge in [0.1, 0.15) is 28.1 Å². The highest BCUT2D eigenvalue weighted by atomic mass is 16.3. The fourth-order valence-electron chi connectivity index (χ4n) is 8.70. The first kappa shape index (κ1) is 36.1. The minimum atomic E-state index is 0.444. The van der Waals surface area contributed by atoms with Crippen LogP contribution in [0, 0.1) is 0 Å². The van der Waals surface area contributed by atoms with E-state index >= 15 is 0 Å². The van der Waals surface area contributed by atoms with Crippen molar-refractivity contribution in [3.63, 3.8) is 0 Å². The number of nitrogens with zero attached hydrogens (tertiary/aromatic N) is 6. The molecule has 0 unspecified atom stereocenters. The molecule has 63 heavy (non-hydrogen) atoms. The molecule has 8 heteroatoms. The number of furan rings is 2. The van der Waals surface area contributed by atoms with E-state index in [-0.39, 0.29) is 0 Å². The number of benzene rings is 7. The molecule has 0 fully saturated rings. The van der Waals surface area contributed by atoms with E-state index in [2.05, 4.69) is 78.4 Å². The number of hydrogen-bond acceptors (Lipinski definition) is 7. The Hall–Kier alpha value is -8.75.